The van der Waals surface area contributed by atoms with Gasteiger partial charge in [-0.2, -0.15) is 4.98 Å². The van der Waals surface area contributed by atoms with Gasteiger partial charge in [0.1, 0.15) is 12.2 Å². The van der Waals surface area contributed by atoms with Crippen LogP contribution in [0.5, 0.6) is 0 Å². The number of hydrogen-bond donors (Lipinski definition) is 5. The number of aliphatic hydroxyl groups excluding tert-OH is 3. The van der Waals surface area contributed by atoms with Crippen LogP contribution >= 0.6 is 0 Å². The highest BCUT2D eigenvalue weighted by Gasteiger charge is 2.36. The van der Waals surface area contributed by atoms with Crippen molar-refractivity contribution >= 4 is 17.1 Å². The van der Waals surface area contributed by atoms with Crippen LogP contribution in [0.3, 0.4) is 0 Å². The second-order valence-electron chi connectivity index (χ2n) is 4.60. The first kappa shape index (κ1) is 12.8. The number of aromatic nitrogens is 4. The molecule has 0 unspecified atom stereocenters. The zero-order valence-electron chi connectivity index (χ0n) is 10.3. The summed E-state index contributed by atoms with van der Waals surface area (Å²) in [5, 5.41) is 28.9. The first-order valence-corrected chi connectivity index (χ1v) is 5.93. The van der Waals surface area contributed by atoms with E-state index in [0.717, 1.165) is 0 Å². The van der Waals surface area contributed by atoms with Crippen LogP contribution in [0.1, 0.15) is 6.04 Å². The Morgan fingerprint density at radius 3 is 2.85 bits per heavy atom. The molecule has 106 valence electrons. The molecule has 0 fully saturated rings. The molecule has 1 aliphatic carbocycles. The zero-order chi connectivity index (χ0) is 14.4. The molecule has 2 heterocycles. The van der Waals surface area contributed by atoms with Crippen LogP contribution in [-0.4, -0.2) is 53.7 Å². The fourth-order valence-corrected chi connectivity index (χ4v) is 2.37. The molecule has 2 aromatic heterocycles. The number of imidazole rings is 1. The first-order valence-electron chi connectivity index (χ1n) is 5.93. The third-order valence-corrected chi connectivity index (χ3v) is 3.39. The van der Waals surface area contributed by atoms with E-state index >= 15 is 0 Å². The van der Waals surface area contributed by atoms with Gasteiger partial charge in [0.25, 0.3) is 5.56 Å². The molecular formula is C11H13N5O4. The minimum atomic E-state index is -1.17. The summed E-state index contributed by atoms with van der Waals surface area (Å²) in [5.41, 5.74) is 5.61. The van der Waals surface area contributed by atoms with Gasteiger partial charge in [-0.3, -0.25) is 9.78 Å². The number of H-pyrrole nitrogens is 1. The number of anilines is 1. The van der Waals surface area contributed by atoms with Gasteiger partial charge >= 0.3 is 0 Å². The third-order valence-electron chi connectivity index (χ3n) is 3.39. The zero-order valence-corrected chi connectivity index (χ0v) is 10.3. The molecule has 0 aromatic carbocycles. The Bertz CT molecular complexity index is 749. The standard InChI is InChI=1S/C11H13N5O4/c12-11-14-9-6(10(20)15-11)13-3-16(9)5-1-4(2-17)7(18)8(5)19/h1,3,5,7-8,17-19H,2H2,(H3,12,14,15,20)/t5-,7+,8+/m0/s1. The maximum atomic E-state index is 11.7. The van der Waals surface area contributed by atoms with Crippen molar-refractivity contribution in [1.82, 2.24) is 19.5 Å². The van der Waals surface area contributed by atoms with Gasteiger partial charge in [-0.15, -0.1) is 0 Å². The second kappa shape index (κ2) is 4.40. The number of aromatic amines is 1. The number of rotatable bonds is 2. The molecule has 0 amide bonds. The highest BCUT2D eigenvalue weighted by Crippen LogP contribution is 2.30. The lowest BCUT2D eigenvalue weighted by Gasteiger charge is -2.18. The van der Waals surface area contributed by atoms with Crippen LogP contribution in [0.4, 0.5) is 5.95 Å². The van der Waals surface area contributed by atoms with Crippen molar-refractivity contribution in [2.24, 2.45) is 0 Å². The third kappa shape index (κ3) is 1.72. The van der Waals surface area contributed by atoms with Gasteiger partial charge in [-0.25, -0.2) is 4.98 Å². The Morgan fingerprint density at radius 2 is 2.20 bits per heavy atom. The van der Waals surface area contributed by atoms with Gasteiger partial charge in [0, 0.05) is 0 Å². The van der Waals surface area contributed by atoms with Gasteiger partial charge in [-0.1, -0.05) is 6.08 Å². The van der Waals surface area contributed by atoms with Crippen LogP contribution in [0.25, 0.3) is 11.2 Å². The molecule has 0 saturated heterocycles. The Kier molecular flexibility index (Phi) is 2.82. The van der Waals surface area contributed by atoms with E-state index in [1.807, 2.05) is 0 Å². The Balaban J connectivity index is 2.16. The monoisotopic (exact) mass is 279 g/mol. The van der Waals surface area contributed by atoms with Crippen molar-refractivity contribution in [2.45, 2.75) is 18.2 Å². The van der Waals surface area contributed by atoms with Crippen molar-refractivity contribution < 1.29 is 15.3 Å². The molecule has 20 heavy (non-hydrogen) atoms. The minimum Gasteiger partial charge on any atom is -0.392 e. The summed E-state index contributed by atoms with van der Waals surface area (Å²) in [6.45, 7) is -0.364. The molecule has 9 nitrogen and oxygen atoms in total. The van der Waals surface area contributed by atoms with E-state index in [1.54, 1.807) is 0 Å². The second-order valence-corrected chi connectivity index (χ2v) is 4.60. The predicted molar refractivity (Wildman–Crippen MR) is 68.8 cm³/mol. The lowest BCUT2D eigenvalue weighted by Crippen LogP contribution is -2.30. The molecule has 6 N–H and O–H groups in total. The Hall–Kier alpha value is -2.23. The molecule has 3 atom stereocenters. The molecule has 0 aliphatic heterocycles. The average Bonchev–Trinajstić information content (AvgIpc) is 2.93. The summed E-state index contributed by atoms with van der Waals surface area (Å²) >= 11 is 0. The molecule has 9 heteroatoms. The maximum absolute atomic E-state index is 11.7. The smallest absolute Gasteiger partial charge is 0.280 e. The number of nitrogens with two attached hydrogens (primary N) is 1. The largest absolute Gasteiger partial charge is 0.392 e. The fourth-order valence-electron chi connectivity index (χ4n) is 2.37. The summed E-state index contributed by atoms with van der Waals surface area (Å²) in [6, 6.07) is -0.675. The van der Waals surface area contributed by atoms with E-state index in [2.05, 4.69) is 15.0 Å². The van der Waals surface area contributed by atoms with Crippen LogP contribution < -0.4 is 11.3 Å². The van der Waals surface area contributed by atoms with E-state index in [9.17, 15) is 15.0 Å². The summed E-state index contributed by atoms with van der Waals surface area (Å²) in [7, 11) is 0. The normalized spacial score (nSPS) is 26.1. The lowest BCUT2D eigenvalue weighted by molar-refractivity contribution is 0.0287. The van der Waals surface area contributed by atoms with Gasteiger partial charge < -0.3 is 25.6 Å². The quantitative estimate of drug-likeness (QED) is 0.395. The number of hydrogen-bond acceptors (Lipinski definition) is 7. The number of aliphatic hydroxyl groups is 3. The molecule has 0 spiro atoms. The highest BCUT2D eigenvalue weighted by atomic mass is 16.3. The van der Waals surface area contributed by atoms with E-state index in [-0.39, 0.29) is 23.7 Å². The lowest BCUT2D eigenvalue weighted by atomic mass is 10.1. The summed E-state index contributed by atoms with van der Waals surface area (Å²) < 4.78 is 1.44. The minimum absolute atomic E-state index is 0.0661. The fraction of sp³-hybridized carbons (Fsp3) is 0.364. The van der Waals surface area contributed by atoms with Crippen molar-refractivity contribution in [2.75, 3.05) is 12.3 Å². The number of nitrogens with one attached hydrogen (secondary N) is 1. The van der Waals surface area contributed by atoms with E-state index in [4.69, 9.17) is 10.8 Å². The van der Waals surface area contributed by atoms with Crippen molar-refractivity contribution in [3.63, 3.8) is 0 Å². The first-order chi connectivity index (χ1) is 9.52. The van der Waals surface area contributed by atoms with E-state index in [0.29, 0.717) is 5.57 Å². The van der Waals surface area contributed by atoms with Crippen molar-refractivity contribution in [1.29, 1.82) is 0 Å². The summed E-state index contributed by atoms with van der Waals surface area (Å²) in [6.07, 6.45) is 0.540. The van der Waals surface area contributed by atoms with Crippen LogP contribution in [-0.2, 0) is 0 Å². The summed E-state index contributed by atoms with van der Waals surface area (Å²) in [5.74, 6) is -0.0661. The maximum Gasteiger partial charge on any atom is 0.280 e. The van der Waals surface area contributed by atoms with Crippen molar-refractivity contribution in [3.05, 3.63) is 28.3 Å². The average molecular weight is 279 g/mol. The number of nitrogens with zero attached hydrogens (tertiary/aromatic N) is 3. The molecule has 1 aliphatic rings. The molecular weight excluding hydrogens is 266 g/mol. The molecule has 2 aromatic rings. The highest BCUT2D eigenvalue weighted by molar-refractivity contribution is 5.70. The van der Waals surface area contributed by atoms with E-state index in [1.165, 1.54) is 17.0 Å². The molecule has 0 saturated carbocycles. The predicted octanol–water partition coefficient (Wildman–Crippen LogP) is -2.10. The molecule has 0 radical (unpaired) electrons. The number of fused-ring (bicyclic) bond motifs is 1. The van der Waals surface area contributed by atoms with E-state index < -0.39 is 23.8 Å². The number of nitrogen functional groups attached to an aromatic ring is 1. The Labute approximate surface area is 112 Å². The Morgan fingerprint density at radius 1 is 1.45 bits per heavy atom. The SMILES string of the molecule is Nc1nc2c(ncn2[C@H]2C=C(CO)[C@@H](O)[C@@H]2O)c(=O)[nH]1. The van der Waals surface area contributed by atoms with Gasteiger partial charge in [0.2, 0.25) is 5.95 Å². The molecule has 3 rings (SSSR count). The van der Waals surface area contributed by atoms with Crippen LogP contribution in [0.15, 0.2) is 22.8 Å². The van der Waals surface area contributed by atoms with Crippen molar-refractivity contribution in [3.8, 4) is 0 Å². The van der Waals surface area contributed by atoms with Gasteiger partial charge in [0.05, 0.1) is 19.0 Å². The van der Waals surface area contributed by atoms with Gasteiger partial charge in [-0.05, 0) is 5.57 Å². The van der Waals surface area contributed by atoms with Crippen LogP contribution in [0.2, 0.25) is 0 Å². The molecule has 0 bridgehead atoms. The summed E-state index contributed by atoms with van der Waals surface area (Å²) in [4.78, 5) is 21.9. The van der Waals surface area contributed by atoms with Crippen LogP contribution in [0, 0.1) is 0 Å². The topological polar surface area (TPSA) is 150 Å². The van der Waals surface area contributed by atoms with Gasteiger partial charge in [0.15, 0.2) is 11.2 Å².